The Labute approximate surface area is 96.5 Å². The van der Waals surface area contributed by atoms with Gasteiger partial charge in [-0.15, -0.1) is 12.4 Å². The lowest BCUT2D eigenvalue weighted by atomic mass is 9.97. The van der Waals surface area contributed by atoms with Gasteiger partial charge in [0.2, 0.25) is 0 Å². The summed E-state index contributed by atoms with van der Waals surface area (Å²) in [6.07, 6.45) is 3.61. The highest BCUT2D eigenvalue weighted by Crippen LogP contribution is 2.24. The van der Waals surface area contributed by atoms with Crippen molar-refractivity contribution < 1.29 is 4.39 Å². The van der Waals surface area contributed by atoms with Crippen LogP contribution in [0.2, 0.25) is 0 Å². The molecule has 1 fully saturated rings. The molecule has 15 heavy (non-hydrogen) atoms. The van der Waals surface area contributed by atoms with Gasteiger partial charge in [0.15, 0.2) is 0 Å². The zero-order valence-corrected chi connectivity index (χ0v) is 9.74. The molecule has 0 amide bonds. The Balaban J connectivity index is 0.00000112. The van der Waals surface area contributed by atoms with E-state index in [0.29, 0.717) is 6.04 Å². The lowest BCUT2D eigenvalue weighted by molar-refractivity contribution is 0.411. The van der Waals surface area contributed by atoms with E-state index in [1.54, 1.807) is 13.0 Å². The van der Waals surface area contributed by atoms with Crippen molar-refractivity contribution in [2.45, 2.75) is 32.2 Å². The second kappa shape index (κ2) is 5.47. The Morgan fingerprint density at radius 1 is 1.33 bits per heavy atom. The second-order valence-corrected chi connectivity index (χ2v) is 4.01. The minimum Gasteiger partial charge on any atom is -0.310 e. The zero-order valence-electron chi connectivity index (χ0n) is 8.92. The molecule has 0 spiro atoms. The second-order valence-electron chi connectivity index (χ2n) is 4.01. The van der Waals surface area contributed by atoms with E-state index in [1.807, 2.05) is 12.1 Å². The maximum absolute atomic E-state index is 13.3. The largest absolute Gasteiger partial charge is 0.310 e. The molecular formula is C12H17ClFN. The van der Waals surface area contributed by atoms with Gasteiger partial charge in [-0.3, -0.25) is 0 Å². The predicted molar refractivity (Wildman–Crippen MR) is 63.0 cm³/mol. The number of aryl methyl sites for hydroxylation is 1. The van der Waals surface area contributed by atoms with Gasteiger partial charge >= 0.3 is 0 Å². The molecule has 1 nitrogen and oxygen atoms in total. The molecule has 1 aliphatic rings. The molecule has 0 aromatic heterocycles. The molecule has 0 aliphatic carbocycles. The van der Waals surface area contributed by atoms with E-state index < -0.39 is 0 Å². The number of nitrogens with one attached hydrogen (secondary N) is 1. The summed E-state index contributed by atoms with van der Waals surface area (Å²) in [6.45, 7) is 2.85. The van der Waals surface area contributed by atoms with Gasteiger partial charge < -0.3 is 5.32 Å². The average Bonchev–Trinajstić information content (AvgIpc) is 2.23. The van der Waals surface area contributed by atoms with Gasteiger partial charge in [0, 0.05) is 6.04 Å². The van der Waals surface area contributed by atoms with Crippen LogP contribution < -0.4 is 5.32 Å². The van der Waals surface area contributed by atoms with Crippen LogP contribution in [0, 0.1) is 12.7 Å². The van der Waals surface area contributed by atoms with Crippen LogP contribution in [0.4, 0.5) is 4.39 Å². The van der Waals surface area contributed by atoms with Crippen molar-refractivity contribution >= 4 is 12.4 Å². The Morgan fingerprint density at radius 2 is 2.13 bits per heavy atom. The minimum absolute atomic E-state index is 0. The molecule has 1 saturated heterocycles. The first kappa shape index (κ1) is 12.5. The molecule has 0 saturated carbocycles. The highest BCUT2D eigenvalue weighted by atomic mass is 35.5. The monoisotopic (exact) mass is 229 g/mol. The summed E-state index contributed by atoms with van der Waals surface area (Å²) < 4.78 is 13.3. The van der Waals surface area contributed by atoms with E-state index in [4.69, 9.17) is 0 Å². The highest BCUT2D eigenvalue weighted by Gasteiger charge is 2.15. The SMILES string of the molecule is Cc1ccc([C@@H]2CCCCN2)cc1F.Cl. The van der Waals surface area contributed by atoms with Crippen molar-refractivity contribution in [1.82, 2.24) is 5.32 Å². The first-order valence-electron chi connectivity index (χ1n) is 5.27. The molecule has 0 unspecified atom stereocenters. The Hall–Kier alpha value is -0.600. The number of piperidine rings is 1. The van der Waals surface area contributed by atoms with E-state index in [1.165, 1.54) is 12.8 Å². The van der Waals surface area contributed by atoms with Crippen molar-refractivity contribution in [3.8, 4) is 0 Å². The summed E-state index contributed by atoms with van der Waals surface area (Å²) in [5.74, 6) is -0.0881. The molecule has 3 heteroatoms. The molecule has 1 heterocycles. The number of hydrogen-bond donors (Lipinski definition) is 1. The van der Waals surface area contributed by atoms with Gasteiger partial charge in [-0.2, -0.15) is 0 Å². The third-order valence-electron chi connectivity index (χ3n) is 2.91. The maximum atomic E-state index is 13.3. The minimum atomic E-state index is -0.0881. The van der Waals surface area contributed by atoms with E-state index in [2.05, 4.69) is 5.32 Å². The van der Waals surface area contributed by atoms with Gasteiger partial charge in [0.25, 0.3) is 0 Å². The lowest BCUT2D eigenvalue weighted by Crippen LogP contribution is -2.26. The first-order valence-corrected chi connectivity index (χ1v) is 5.27. The van der Waals surface area contributed by atoms with Gasteiger partial charge in [0.05, 0.1) is 0 Å². The number of benzene rings is 1. The molecule has 1 aromatic rings. The van der Waals surface area contributed by atoms with Crippen molar-refractivity contribution in [3.05, 3.63) is 35.1 Å². The summed E-state index contributed by atoms with van der Waals surface area (Å²) in [5.41, 5.74) is 1.82. The molecule has 2 rings (SSSR count). The molecule has 1 aliphatic heterocycles. The predicted octanol–water partition coefficient (Wildman–Crippen LogP) is 3.37. The van der Waals surface area contributed by atoms with E-state index in [9.17, 15) is 4.39 Å². The smallest absolute Gasteiger partial charge is 0.126 e. The van der Waals surface area contributed by atoms with Crippen molar-refractivity contribution in [3.63, 3.8) is 0 Å². The molecule has 0 radical (unpaired) electrons. The summed E-state index contributed by atoms with van der Waals surface area (Å²) >= 11 is 0. The van der Waals surface area contributed by atoms with Crippen molar-refractivity contribution in [1.29, 1.82) is 0 Å². The van der Waals surface area contributed by atoms with E-state index in [0.717, 1.165) is 24.1 Å². The quantitative estimate of drug-likeness (QED) is 0.779. The van der Waals surface area contributed by atoms with Crippen LogP contribution in [-0.4, -0.2) is 6.54 Å². The standard InChI is InChI=1S/C12H16FN.ClH/c1-9-5-6-10(8-11(9)13)12-4-2-3-7-14-12;/h5-6,8,12,14H,2-4,7H2,1H3;1H/t12-;/m0./s1. The summed E-state index contributed by atoms with van der Waals surface area (Å²) in [4.78, 5) is 0. The average molecular weight is 230 g/mol. The highest BCUT2D eigenvalue weighted by molar-refractivity contribution is 5.85. The van der Waals surface area contributed by atoms with Gasteiger partial charge in [-0.05, 0) is 43.5 Å². The zero-order chi connectivity index (χ0) is 9.97. The molecular weight excluding hydrogens is 213 g/mol. The third kappa shape index (κ3) is 2.93. The molecule has 1 atom stereocenters. The fourth-order valence-electron chi connectivity index (χ4n) is 1.96. The van der Waals surface area contributed by atoms with Crippen LogP contribution in [0.25, 0.3) is 0 Å². The summed E-state index contributed by atoms with van der Waals surface area (Å²) in [5, 5.41) is 3.42. The van der Waals surface area contributed by atoms with Crippen molar-refractivity contribution in [2.24, 2.45) is 0 Å². The fraction of sp³-hybridized carbons (Fsp3) is 0.500. The van der Waals surface area contributed by atoms with E-state index >= 15 is 0 Å². The normalized spacial score (nSPS) is 20.8. The Bertz CT molecular complexity index is 321. The molecule has 1 aromatic carbocycles. The number of halogens is 2. The van der Waals surface area contributed by atoms with Crippen LogP contribution in [0.1, 0.15) is 36.4 Å². The number of rotatable bonds is 1. The molecule has 1 N–H and O–H groups in total. The Morgan fingerprint density at radius 3 is 2.73 bits per heavy atom. The van der Waals surface area contributed by atoms with Crippen LogP contribution in [0.5, 0.6) is 0 Å². The maximum Gasteiger partial charge on any atom is 0.126 e. The summed E-state index contributed by atoms with van der Waals surface area (Å²) in [7, 11) is 0. The first-order chi connectivity index (χ1) is 6.77. The molecule has 0 bridgehead atoms. The molecule has 84 valence electrons. The topological polar surface area (TPSA) is 12.0 Å². The summed E-state index contributed by atoms with van der Waals surface area (Å²) in [6, 6.07) is 5.92. The van der Waals surface area contributed by atoms with Gasteiger partial charge in [-0.25, -0.2) is 4.39 Å². The van der Waals surface area contributed by atoms with E-state index in [-0.39, 0.29) is 18.2 Å². The van der Waals surface area contributed by atoms with Crippen LogP contribution >= 0.6 is 12.4 Å². The van der Waals surface area contributed by atoms with Gasteiger partial charge in [0.1, 0.15) is 5.82 Å². The van der Waals surface area contributed by atoms with Crippen LogP contribution in [0.15, 0.2) is 18.2 Å². The van der Waals surface area contributed by atoms with Gasteiger partial charge in [-0.1, -0.05) is 18.6 Å². The number of hydrogen-bond acceptors (Lipinski definition) is 1. The third-order valence-corrected chi connectivity index (χ3v) is 2.91. The van der Waals surface area contributed by atoms with Crippen LogP contribution in [-0.2, 0) is 0 Å². The fourth-order valence-corrected chi connectivity index (χ4v) is 1.96. The van der Waals surface area contributed by atoms with Crippen LogP contribution in [0.3, 0.4) is 0 Å². The lowest BCUT2D eigenvalue weighted by Gasteiger charge is -2.24. The Kier molecular flexibility index (Phi) is 4.55. The van der Waals surface area contributed by atoms with Crippen molar-refractivity contribution in [2.75, 3.05) is 6.54 Å².